The van der Waals surface area contributed by atoms with Crippen LogP contribution in [0.25, 0.3) is 0 Å². The van der Waals surface area contributed by atoms with Crippen molar-refractivity contribution in [2.24, 2.45) is 0 Å². The summed E-state index contributed by atoms with van der Waals surface area (Å²) in [7, 11) is 0. The molecule has 0 saturated heterocycles. The van der Waals surface area contributed by atoms with Gasteiger partial charge in [0.25, 0.3) is 0 Å². The van der Waals surface area contributed by atoms with Gasteiger partial charge in [0.2, 0.25) is 0 Å². The van der Waals surface area contributed by atoms with Crippen LogP contribution in [-0.2, 0) is 36.2 Å². The minimum atomic E-state index is -1.52. The Balaban J connectivity index is -0.00000180. The quantitative estimate of drug-likeness (QED) is 0.333. The Bertz CT molecular complexity index is 324. The molecule has 22 heavy (non-hydrogen) atoms. The summed E-state index contributed by atoms with van der Waals surface area (Å²) in [6.07, 6.45) is 0. The average Bonchev–Trinajstić information content (AvgIpc) is 2.22. The number of hydrogen-bond donors (Lipinski definition) is 2. The van der Waals surface area contributed by atoms with E-state index >= 15 is 0 Å². The fraction of sp³-hybridized carbons (Fsp3) is 0.600. The molecule has 0 amide bonds. The standard InChI is InChI=1S/C10H16N2O8.Fe.H3N/c13-7(14)3-11(4-8(15)16)1-2-12(5-9(17)18)6-10(19)20;;/h1-6H2,(H,13,14)(H,15,16)(H,17,18)(H,19,20);;1H3/q;+2;/p-2. The summed E-state index contributed by atoms with van der Waals surface area (Å²) in [5.74, 6) is -5.82. The van der Waals surface area contributed by atoms with Crippen LogP contribution < -0.4 is 21.5 Å². The van der Waals surface area contributed by atoms with Gasteiger partial charge in [-0.2, -0.15) is 0 Å². The Morgan fingerprint density at radius 3 is 1.23 bits per heavy atom. The second kappa shape index (κ2) is 13.0. The molecule has 0 saturated carbocycles. The van der Waals surface area contributed by atoms with Crippen LogP contribution in [0.5, 0.6) is 0 Å². The van der Waals surface area contributed by atoms with Gasteiger partial charge in [0.15, 0.2) is 0 Å². The minimum Gasteiger partial charge on any atom is -0.549 e. The van der Waals surface area contributed by atoms with Crippen LogP contribution in [-0.4, -0.2) is 78.1 Å². The third kappa shape index (κ3) is 14.7. The second-order valence-corrected chi connectivity index (χ2v) is 3.93. The topological polar surface area (TPSA) is 201 Å². The van der Waals surface area contributed by atoms with Crippen LogP contribution in [0.1, 0.15) is 0 Å². The number of quaternary nitrogens is 1. The molecule has 11 nitrogen and oxygen atoms in total. The summed E-state index contributed by atoms with van der Waals surface area (Å²) in [4.78, 5) is 43.7. The molecule has 0 radical (unpaired) electrons. The van der Waals surface area contributed by atoms with E-state index in [1.807, 2.05) is 0 Å². The summed E-state index contributed by atoms with van der Waals surface area (Å²) in [6, 6.07) is 0. The molecule has 0 aliphatic rings. The first kappa shape index (κ1) is 25.2. The van der Waals surface area contributed by atoms with Crippen molar-refractivity contribution in [2.45, 2.75) is 0 Å². The fourth-order valence-corrected chi connectivity index (χ4v) is 1.45. The van der Waals surface area contributed by atoms with Crippen molar-refractivity contribution in [2.75, 3.05) is 39.3 Å². The van der Waals surface area contributed by atoms with Gasteiger partial charge in [0, 0.05) is 32.7 Å². The first-order valence-electron chi connectivity index (χ1n) is 5.46. The molecule has 128 valence electrons. The Kier molecular flexibility index (Phi) is 14.9. The molecule has 0 bridgehead atoms. The van der Waals surface area contributed by atoms with E-state index in [1.54, 1.807) is 0 Å². The van der Waals surface area contributed by atoms with Crippen LogP contribution in [0.2, 0.25) is 0 Å². The zero-order valence-electron chi connectivity index (χ0n) is 11.8. The predicted molar refractivity (Wildman–Crippen MR) is 61.5 cm³/mol. The summed E-state index contributed by atoms with van der Waals surface area (Å²) < 4.78 is 0. The van der Waals surface area contributed by atoms with Crippen molar-refractivity contribution in [3.8, 4) is 0 Å². The molecule has 0 heterocycles. The van der Waals surface area contributed by atoms with Crippen molar-refractivity contribution in [1.29, 1.82) is 0 Å². The molecule has 0 aromatic heterocycles. The molecule has 0 aromatic rings. The van der Waals surface area contributed by atoms with E-state index < -0.39 is 50.1 Å². The van der Waals surface area contributed by atoms with Gasteiger partial charge in [-0.1, -0.05) is 0 Å². The van der Waals surface area contributed by atoms with Gasteiger partial charge in [-0.05, 0) is 0 Å². The number of nitrogens with zero attached hydrogens (tertiary/aromatic N) is 2. The zero-order chi connectivity index (χ0) is 15.7. The van der Waals surface area contributed by atoms with E-state index in [1.165, 1.54) is 0 Å². The molecular weight excluding hydrogens is 346 g/mol. The molecular formula is C10H17FeN3O8. The van der Waals surface area contributed by atoms with E-state index in [-0.39, 0.29) is 36.3 Å². The van der Waals surface area contributed by atoms with Gasteiger partial charge < -0.3 is 41.0 Å². The molecule has 0 rings (SSSR count). The van der Waals surface area contributed by atoms with Gasteiger partial charge in [-0.15, -0.1) is 0 Å². The van der Waals surface area contributed by atoms with Gasteiger partial charge in [0.1, 0.15) is 0 Å². The molecule has 0 atom stereocenters. The van der Waals surface area contributed by atoms with Crippen molar-refractivity contribution in [3.05, 3.63) is 0 Å². The third-order valence-corrected chi connectivity index (χ3v) is 2.15. The van der Waals surface area contributed by atoms with Gasteiger partial charge in [0.05, 0.1) is 24.5 Å². The minimum absolute atomic E-state index is 0. The van der Waals surface area contributed by atoms with Crippen LogP contribution in [0.4, 0.5) is 0 Å². The van der Waals surface area contributed by atoms with E-state index in [9.17, 15) is 34.5 Å². The summed E-state index contributed by atoms with van der Waals surface area (Å²) >= 11 is 0. The molecule has 0 unspecified atom stereocenters. The summed E-state index contributed by atoms with van der Waals surface area (Å²) in [5.41, 5.74) is 0. The van der Waals surface area contributed by atoms with Crippen molar-refractivity contribution in [1.82, 2.24) is 16.0 Å². The first-order chi connectivity index (χ1) is 9.20. The number of carboxylic acids is 4. The monoisotopic (exact) mass is 363 g/mol. The SMILES string of the molecule is O=C([O-])CN(CCN(CC(=O)[O-])CC(=O)O)CC(=O)[O-].[Fe+2].[NH4+]. The van der Waals surface area contributed by atoms with Crippen molar-refractivity contribution in [3.63, 3.8) is 0 Å². The maximum absolute atomic E-state index is 10.5. The molecule has 0 fully saturated rings. The Morgan fingerprint density at radius 1 is 0.727 bits per heavy atom. The number of rotatable bonds is 11. The van der Waals surface area contributed by atoms with Crippen LogP contribution in [0, 0.1) is 0 Å². The number of carbonyl (C=O) groups is 4. The average molecular weight is 363 g/mol. The maximum atomic E-state index is 10.5. The molecule has 5 N–H and O–H groups in total. The maximum Gasteiger partial charge on any atom is 2.00 e. The number of carbonyl (C=O) groups excluding carboxylic acids is 3. The smallest absolute Gasteiger partial charge is 0.549 e. The van der Waals surface area contributed by atoms with Crippen molar-refractivity contribution >= 4 is 23.9 Å². The predicted octanol–water partition coefficient (Wildman–Crippen LogP) is -5.70. The molecule has 0 aromatic carbocycles. The third-order valence-electron chi connectivity index (χ3n) is 2.15. The Morgan fingerprint density at radius 2 is 1.00 bits per heavy atom. The van der Waals surface area contributed by atoms with E-state index in [2.05, 4.69) is 0 Å². The normalized spacial score (nSPS) is 9.73. The van der Waals surface area contributed by atoms with Crippen LogP contribution in [0.15, 0.2) is 0 Å². The van der Waals surface area contributed by atoms with E-state index in [4.69, 9.17) is 5.11 Å². The number of hydrogen-bond acceptors (Lipinski definition) is 9. The first-order valence-corrected chi connectivity index (χ1v) is 5.46. The molecule has 0 aliphatic carbocycles. The van der Waals surface area contributed by atoms with E-state index in [0.29, 0.717) is 0 Å². The van der Waals surface area contributed by atoms with Crippen LogP contribution in [0.3, 0.4) is 0 Å². The van der Waals surface area contributed by atoms with Crippen LogP contribution >= 0.6 is 0 Å². The summed E-state index contributed by atoms with van der Waals surface area (Å²) in [6.45, 7) is -3.00. The molecule has 0 aliphatic heterocycles. The second-order valence-electron chi connectivity index (χ2n) is 3.93. The van der Waals surface area contributed by atoms with Crippen molar-refractivity contribution < 1.29 is 56.7 Å². The fourth-order valence-electron chi connectivity index (χ4n) is 1.45. The van der Waals surface area contributed by atoms with Gasteiger partial charge in [-0.3, -0.25) is 14.6 Å². The Labute approximate surface area is 136 Å². The zero-order valence-corrected chi connectivity index (χ0v) is 12.9. The summed E-state index contributed by atoms with van der Waals surface area (Å²) in [5, 5.41) is 39.8. The molecule has 12 heteroatoms. The Hall–Kier alpha value is -1.72. The van der Waals surface area contributed by atoms with E-state index in [0.717, 1.165) is 9.80 Å². The largest absolute Gasteiger partial charge is 2.00 e. The van der Waals surface area contributed by atoms with Gasteiger partial charge >= 0.3 is 23.0 Å². The number of carboxylic acid groups (broad SMARTS) is 4. The number of aliphatic carboxylic acids is 4. The van der Waals surface area contributed by atoms with Gasteiger partial charge in [-0.25, -0.2) is 0 Å². The molecule has 0 spiro atoms.